The van der Waals surface area contributed by atoms with E-state index in [1.54, 1.807) is 45.4 Å². The highest BCUT2D eigenvalue weighted by atomic mass is 35.5. The zero-order valence-corrected chi connectivity index (χ0v) is 32.3. The van der Waals surface area contributed by atoms with Crippen LogP contribution in [0.3, 0.4) is 0 Å². The molecule has 3 amide bonds. The zero-order valence-electron chi connectivity index (χ0n) is 27.5. The monoisotopic (exact) mass is 792 g/mol. The van der Waals surface area contributed by atoms with Crippen LogP contribution in [0.25, 0.3) is 17.0 Å². The third-order valence-electron chi connectivity index (χ3n) is 6.92. The molecule has 0 radical (unpaired) electrons. The van der Waals surface area contributed by atoms with Gasteiger partial charge in [-0.25, -0.2) is 4.98 Å². The summed E-state index contributed by atoms with van der Waals surface area (Å²) in [4.78, 5) is 51.0. The number of hydrogen-bond donors (Lipinski definition) is 1. The molecule has 2 aromatic heterocycles. The van der Waals surface area contributed by atoms with Crippen LogP contribution in [-0.2, 0) is 16.2 Å². The Balaban J connectivity index is 0.00000576. The van der Waals surface area contributed by atoms with Gasteiger partial charge < -0.3 is 24.8 Å². The van der Waals surface area contributed by atoms with E-state index in [2.05, 4.69) is 10.3 Å². The van der Waals surface area contributed by atoms with Gasteiger partial charge in [0.15, 0.2) is 0 Å². The Morgan fingerprint density at radius 2 is 1.61 bits per heavy atom. The van der Waals surface area contributed by atoms with E-state index in [0.29, 0.717) is 33.3 Å². The topological polar surface area (TPSA) is 108 Å². The number of hydrogen-bond acceptors (Lipinski definition) is 7. The average molecular weight is 795 g/mol. The molecule has 49 heavy (non-hydrogen) atoms. The first kappa shape index (κ1) is 45.5. The van der Waals surface area contributed by atoms with E-state index in [1.165, 1.54) is 28.1 Å². The molecule has 0 saturated carbocycles. The van der Waals surface area contributed by atoms with Gasteiger partial charge in [0, 0.05) is 74.9 Å². The summed E-state index contributed by atoms with van der Waals surface area (Å²) in [5.41, 5.74) is 4.43. The Morgan fingerprint density at radius 1 is 0.918 bits per heavy atom. The Bertz CT molecular complexity index is 1790. The van der Waals surface area contributed by atoms with Gasteiger partial charge in [-0.1, -0.05) is 41.4 Å². The van der Waals surface area contributed by atoms with Crippen molar-refractivity contribution in [1.29, 1.82) is 0 Å². The summed E-state index contributed by atoms with van der Waals surface area (Å²) in [7, 11) is 8.79. The number of carbonyl (C=O) groups excluding carboxylic acids is 3. The van der Waals surface area contributed by atoms with E-state index < -0.39 is 11.8 Å². The quantitative estimate of drug-likeness (QED) is 0.171. The minimum Gasteiger partial charge on any atom is -0.487 e. The molecule has 16 heteroatoms. The van der Waals surface area contributed by atoms with Gasteiger partial charge in [0.25, 0.3) is 5.91 Å². The van der Waals surface area contributed by atoms with Crippen LogP contribution in [0.15, 0.2) is 60.8 Å². The normalized spacial score (nSPS) is 10.1. The third-order valence-corrected chi connectivity index (χ3v) is 7.69. The summed E-state index contributed by atoms with van der Waals surface area (Å²) in [6.45, 7) is 1.70. The van der Waals surface area contributed by atoms with Crippen molar-refractivity contribution in [2.24, 2.45) is 0 Å². The van der Waals surface area contributed by atoms with Crippen LogP contribution in [-0.4, -0.2) is 74.4 Å². The molecular weight excluding hydrogens is 757 g/mol. The molecule has 4 rings (SSSR count). The number of ether oxygens (including phenoxy) is 1. The summed E-state index contributed by atoms with van der Waals surface area (Å²) in [5.74, 6) is -0.517. The Morgan fingerprint density at radius 3 is 2.22 bits per heavy atom. The van der Waals surface area contributed by atoms with Crippen LogP contribution in [0, 0.1) is 6.92 Å². The molecule has 0 unspecified atom stereocenters. The van der Waals surface area contributed by atoms with Crippen molar-refractivity contribution in [3.8, 4) is 5.75 Å². The minimum atomic E-state index is -0.474. The number of aryl methyl sites for hydroxylation is 1. The molecule has 0 aliphatic heterocycles. The van der Waals surface area contributed by atoms with Gasteiger partial charge in [-0.2, -0.15) is 0 Å². The van der Waals surface area contributed by atoms with E-state index >= 15 is 0 Å². The fourth-order valence-corrected chi connectivity index (χ4v) is 5.05. The third kappa shape index (κ3) is 11.3. The molecule has 0 atom stereocenters. The van der Waals surface area contributed by atoms with Crippen molar-refractivity contribution >= 4 is 119 Å². The van der Waals surface area contributed by atoms with Gasteiger partial charge in [0.2, 0.25) is 11.8 Å². The highest BCUT2D eigenvalue weighted by Crippen LogP contribution is 2.36. The number of likely N-dealkylation sites (N-methyl/N-ethyl adjacent to an activating group) is 1. The lowest BCUT2D eigenvalue weighted by atomic mass is 10.1. The summed E-state index contributed by atoms with van der Waals surface area (Å²) < 4.78 is 6.18. The number of carbonyl (C=O) groups is 3. The van der Waals surface area contributed by atoms with Gasteiger partial charge in [-0.15, -0.1) is 49.6 Å². The average Bonchev–Trinajstić information content (AvgIpc) is 3.01. The molecule has 0 fully saturated rings. The Kier molecular flexibility index (Phi) is 18.8. The maximum atomic E-state index is 13.0. The molecule has 2 aromatic carbocycles. The van der Waals surface area contributed by atoms with Crippen molar-refractivity contribution in [2.45, 2.75) is 13.5 Å². The van der Waals surface area contributed by atoms with E-state index in [1.807, 2.05) is 50.2 Å². The highest BCUT2D eigenvalue weighted by Gasteiger charge is 2.20. The lowest BCUT2D eigenvalue weighted by Crippen LogP contribution is -2.37. The lowest BCUT2D eigenvalue weighted by molar-refractivity contribution is -0.122. The Labute approximate surface area is 320 Å². The number of aromatic nitrogens is 2. The van der Waals surface area contributed by atoms with Crippen LogP contribution in [0.4, 0.5) is 11.4 Å². The van der Waals surface area contributed by atoms with E-state index in [-0.39, 0.29) is 73.7 Å². The number of fused-ring (bicyclic) bond motifs is 1. The molecular formula is C33H38Cl6N6O4. The number of rotatable bonds is 10. The smallest absolute Gasteiger partial charge is 0.271 e. The van der Waals surface area contributed by atoms with Crippen LogP contribution in [0.5, 0.6) is 5.75 Å². The predicted octanol–water partition coefficient (Wildman–Crippen LogP) is 7.07. The second kappa shape index (κ2) is 20.2. The molecule has 0 bridgehead atoms. The number of pyridine rings is 2. The van der Waals surface area contributed by atoms with Gasteiger partial charge in [-0.3, -0.25) is 19.4 Å². The molecule has 2 heterocycles. The van der Waals surface area contributed by atoms with Gasteiger partial charge in [0.05, 0.1) is 17.3 Å². The molecule has 10 nitrogen and oxygen atoms in total. The van der Waals surface area contributed by atoms with Crippen molar-refractivity contribution in [1.82, 2.24) is 20.2 Å². The first-order chi connectivity index (χ1) is 21.4. The van der Waals surface area contributed by atoms with Gasteiger partial charge >= 0.3 is 0 Å². The van der Waals surface area contributed by atoms with Gasteiger partial charge in [-0.05, 0) is 48.9 Å². The number of para-hydroxylation sites is 1. The maximum Gasteiger partial charge on any atom is 0.271 e. The molecule has 4 aromatic rings. The number of halogens is 6. The minimum absolute atomic E-state index is 0. The van der Waals surface area contributed by atoms with Crippen LogP contribution < -0.4 is 19.9 Å². The molecule has 0 aliphatic rings. The number of benzene rings is 2. The second-order valence-electron chi connectivity index (χ2n) is 10.7. The van der Waals surface area contributed by atoms with Crippen LogP contribution in [0.2, 0.25) is 10.0 Å². The first-order valence-electron chi connectivity index (χ1n) is 13.9. The number of anilines is 2. The van der Waals surface area contributed by atoms with Crippen LogP contribution >= 0.6 is 72.8 Å². The molecule has 0 saturated heterocycles. The SMILES string of the molecule is Cc1cc(N(C)C)c2cccc(OCc3c(Cl)ccc(N(C)C(=O)CNC(=O)/C=C/c4ccc(C(=O)N(C)C)nc4)c3Cl)c2n1.Cl.Cl.Cl.Cl. The van der Waals surface area contributed by atoms with Crippen molar-refractivity contribution < 1.29 is 19.1 Å². The molecule has 0 spiro atoms. The van der Waals surface area contributed by atoms with Crippen molar-refractivity contribution in [2.75, 3.05) is 51.6 Å². The fraction of sp³-hybridized carbons (Fsp3) is 0.242. The Hall–Kier alpha value is -3.51. The predicted molar refractivity (Wildman–Crippen MR) is 208 cm³/mol. The largest absolute Gasteiger partial charge is 0.487 e. The first-order valence-corrected chi connectivity index (χ1v) is 14.7. The number of nitrogens with one attached hydrogen (secondary N) is 1. The van der Waals surface area contributed by atoms with Crippen LogP contribution in [0.1, 0.15) is 27.3 Å². The van der Waals surface area contributed by atoms with E-state index in [4.69, 9.17) is 32.9 Å². The summed E-state index contributed by atoms with van der Waals surface area (Å²) >= 11 is 13.3. The van der Waals surface area contributed by atoms with Gasteiger partial charge in [0.1, 0.15) is 23.6 Å². The summed E-state index contributed by atoms with van der Waals surface area (Å²) in [5, 5.41) is 4.16. The second-order valence-corrected chi connectivity index (χ2v) is 11.4. The molecule has 0 aliphatic carbocycles. The number of amides is 3. The highest BCUT2D eigenvalue weighted by molar-refractivity contribution is 6.38. The molecule has 266 valence electrons. The zero-order chi connectivity index (χ0) is 32.8. The van der Waals surface area contributed by atoms with Crippen molar-refractivity contribution in [3.63, 3.8) is 0 Å². The summed E-state index contributed by atoms with van der Waals surface area (Å²) in [6.07, 6.45) is 4.31. The van der Waals surface area contributed by atoms with E-state index in [9.17, 15) is 14.4 Å². The summed E-state index contributed by atoms with van der Waals surface area (Å²) in [6, 6.07) is 14.3. The lowest BCUT2D eigenvalue weighted by Gasteiger charge is -2.21. The van der Waals surface area contributed by atoms with E-state index in [0.717, 1.165) is 22.3 Å². The maximum absolute atomic E-state index is 13.0. The van der Waals surface area contributed by atoms with Crippen molar-refractivity contribution in [3.05, 3.63) is 93.4 Å². The fourth-order valence-electron chi connectivity index (χ4n) is 4.45. The standard InChI is InChI=1S/C33H34Cl2N6O4.4ClH/c1-20-16-27(39(2)3)22-8-7-9-28(32(22)38-20)45-19-23-24(34)12-14-26(31(23)35)41(6)30(43)18-37-29(42)15-11-21-10-13-25(36-17-21)33(44)40(4)5;;;;/h7-17H,18-19H2,1-6H3,(H,37,42);4*1H/b15-11+;;;;. The number of nitrogens with zero attached hydrogens (tertiary/aromatic N) is 5. The molecule has 1 N–H and O–H groups in total.